The van der Waals surface area contributed by atoms with Gasteiger partial charge in [0.25, 0.3) is 0 Å². The molecule has 1 N–H and O–H groups in total. The monoisotopic (exact) mass is 266 g/mol. The smallest absolute Gasteiger partial charge is 0.0997 e. The number of aliphatic hydroxyl groups is 1. The minimum absolute atomic E-state index is 0.00944. The molecule has 0 fully saturated rings. The maximum absolute atomic E-state index is 10.7. The Morgan fingerprint density at radius 3 is 2.50 bits per heavy atom. The number of aromatic nitrogens is 2. The Hall–Kier alpha value is -2.13. The third kappa shape index (κ3) is 2.21. The van der Waals surface area contributed by atoms with Crippen molar-refractivity contribution in [3.63, 3.8) is 0 Å². The number of rotatable bonds is 4. The van der Waals surface area contributed by atoms with E-state index >= 15 is 0 Å². The van der Waals surface area contributed by atoms with Gasteiger partial charge in [0.15, 0.2) is 0 Å². The lowest BCUT2D eigenvalue weighted by Crippen LogP contribution is -2.16. The summed E-state index contributed by atoms with van der Waals surface area (Å²) in [5.74, 6) is 0. The molecule has 0 saturated carbocycles. The van der Waals surface area contributed by atoms with Crippen molar-refractivity contribution in [3.8, 4) is 0 Å². The highest BCUT2D eigenvalue weighted by Gasteiger charge is 2.22. The minimum atomic E-state index is -0.529. The normalized spacial score (nSPS) is 14.3. The highest BCUT2D eigenvalue weighted by atomic mass is 16.3. The Labute approximate surface area is 118 Å². The van der Waals surface area contributed by atoms with Gasteiger partial charge in [-0.25, -0.2) is 4.98 Å². The van der Waals surface area contributed by atoms with E-state index in [2.05, 4.69) is 16.5 Å². The van der Waals surface area contributed by atoms with Crippen LogP contribution in [0, 0.1) is 0 Å². The van der Waals surface area contributed by atoms with E-state index in [1.54, 1.807) is 0 Å². The number of benzene rings is 2. The molecule has 0 spiro atoms. The molecule has 1 heterocycles. The summed E-state index contributed by atoms with van der Waals surface area (Å²) < 4.78 is 2.08. The molecule has 0 radical (unpaired) electrons. The summed E-state index contributed by atoms with van der Waals surface area (Å²) in [7, 11) is 0. The average molecular weight is 266 g/mol. The van der Waals surface area contributed by atoms with Gasteiger partial charge in [0.2, 0.25) is 0 Å². The van der Waals surface area contributed by atoms with Crippen LogP contribution >= 0.6 is 0 Å². The minimum Gasteiger partial charge on any atom is -0.386 e. The van der Waals surface area contributed by atoms with Gasteiger partial charge in [-0.1, -0.05) is 49.4 Å². The third-order valence-electron chi connectivity index (χ3n) is 3.76. The zero-order chi connectivity index (χ0) is 13.9. The molecule has 0 amide bonds. The molecule has 102 valence electrons. The SMILES string of the molecule is CCC(C(O)c1ccccc1)n1cnc2ccccc21. The van der Waals surface area contributed by atoms with Gasteiger partial charge in [0, 0.05) is 0 Å². The Morgan fingerprint density at radius 1 is 1.05 bits per heavy atom. The van der Waals surface area contributed by atoms with Crippen LogP contribution in [0.4, 0.5) is 0 Å². The summed E-state index contributed by atoms with van der Waals surface area (Å²) in [6.07, 6.45) is 2.14. The molecular formula is C17H18N2O. The highest BCUT2D eigenvalue weighted by molar-refractivity contribution is 5.75. The maximum Gasteiger partial charge on any atom is 0.0997 e. The van der Waals surface area contributed by atoms with Crippen LogP contribution in [0.1, 0.15) is 31.1 Å². The van der Waals surface area contributed by atoms with Crippen molar-refractivity contribution < 1.29 is 5.11 Å². The fraction of sp³-hybridized carbons (Fsp3) is 0.235. The van der Waals surface area contributed by atoms with E-state index in [1.165, 1.54) is 0 Å². The van der Waals surface area contributed by atoms with E-state index in [4.69, 9.17) is 0 Å². The quantitative estimate of drug-likeness (QED) is 0.781. The first kappa shape index (κ1) is 12.9. The number of hydrogen-bond acceptors (Lipinski definition) is 2. The van der Waals surface area contributed by atoms with Crippen LogP contribution in [0.2, 0.25) is 0 Å². The number of nitrogens with zero attached hydrogens (tertiary/aromatic N) is 2. The fourth-order valence-electron chi connectivity index (χ4n) is 2.69. The fourth-order valence-corrected chi connectivity index (χ4v) is 2.69. The van der Waals surface area contributed by atoms with E-state index in [-0.39, 0.29) is 6.04 Å². The van der Waals surface area contributed by atoms with Crippen LogP contribution in [0.15, 0.2) is 60.9 Å². The van der Waals surface area contributed by atoms with E-state index in [0.717, 1.165) is 23.0 Å². The van der Waals surface area contributed by atoms with Crippen LogP contribution in [-0.2, 0) is 0 Å². The Bertz CT molecular complexity index is 690. The summed E-state index contributed by atoms with van der Waals surface area (Å²) in [6.45, 7) is 2.09. The van der Waals surface area contributed by atoms with Crippen molar-refractivity contribution in [2.75, 3.05) is 0 Å². The molecular weight excluding hydrogens is 248 g/mol. The number of hydrogen-bond donors (Lipinski definition) is 1. The molecule has 3 heteroatoms. The molecule has 1 aromatic heterocycles. The standard InChI is InChI=1S/C17H18N2O/c1-2-15(17(20)13-8-4-3-5-9-13)19-12-18-14-10-6-7-11-16(14)19/h3-12,15,17,20H,2H2,1H3. The Kier molecular flexibility index (Phi) is 3.52. The molecule has 3 rings (SSSR count). The van der Waals surface area contributed by atoms with E-state index < -0.39 is 6.10 Å². The molecule has 0 bridgehead atoms. The first-order chi connectivity index (χ1) is 9.81. The second-order valence-corrected chi connectivity index (χ2v) is 4.97. The van der Waals surface area contributed by atoms with Crippen LogP contribution in [-0.4, -0.2) is 14.7 Å². The predicted octanol–water partition coefficient (Wildman–Crippen LogP) is 3.72. The van der Waals surface area contributed by atoms with Gasteiger partial charge in [0.05, 0.1) is 29.5 Å². The summed E-state index contributed by atoms with van der Waals surface area (Å²) >= 11 is 0. The van der Waals surface area contributed by atoms with Gasteiger partial charge >= 0.3 is 0 Å². The predicted molar refractivity (Wildman–Crippen MR) is 80.5 cm³/mol. The second-order valence-electron chi connectivity index (χ2n) is 4.97. The van der Waals surface area contributed by atoms with E-state index in [0.29, 0.717) is 0 Å². The van der Waals surface area contributed by atoms with Crippen LogP contribution < -0.4 is 0 Å². The Morgan fingerprint density at radius 2 is 1.75 bits per heavy atom. The van der Waals surface area contributed by atoms with Gasteiger partial charge in [-0.05, 0) is 24.1 Å². The van der Waals surface area contributed by atoms with Gasteiger partial charge in [0.1, 0.15) is 0 Å². The van der Waals surface area contributed by atoms with Gasteiger partial charge in [-0.3, -0.25) is 0 Å². The number of imidazole rings is 1. The van der Waals surface area contributed by atoms with Crippen molar-refractivity contribution >= 4 is 11.0 Å². The Balaban J connectivity index is 2.01. The molecule has 0 aliphatic heterocycles. The molecule has 2 atom stereocenters. The molecule has 0 aliphatic rings. The van der Waals surface area contributed by atoms with Gasteiger partial charge < -0.3 is 9.67 Å². The zero-order valence-corrected chi connectivity index (χ0v) is 11.5. The molecule has 0 aliphatic carbocycles. The van der Waals surface area contributed by atoms with E-state index in [1.807, 2.05) is 60.9 Å². The molecule has 20 heavy (non-hydrogen) atoms. The first-order valence-electron chi connectivity index (χ1n) is 6.96. The van der Waals surface area contributed by atoms with Crippen LogP contribution in [0.25, 0.3) is 11.0 Å². The number of para-hydroxylation sites is 2. The van der Waals surface area contributed by atoms with Crippen molar-refractivity contribution in [1.29, 1.82) is 0 Å². The van der Waals surface area contributed by atoms with Crippen molar-refractivity contribution in [1.82, 2.24) is 9.55 Å². The average Bonchev–Trinajstić information content (AvgIpc) is 2.93. The summed E-state index contributed by atoms with van der Waals surface area (Å²) in [4.78, 5) is 4.42. The molecule has 0 saturated heterocycles. The molecule has 3 aromatic rings. The number of aliphatic hydroxyl groups excluding tert-OH is 1. The zero-order valence-electron chi connectivity index (χ0n) is 11.5. The van der Waals surface area contributed by atoms with Gasteiger partial charge in [-0.15, -0.1) is 0 Å². The molecule has 2 unspecified atom stereocenters. The topological polar surface area (TPSA) is 38.0 Å². The summed E-state index contributed by atoms with van der Waals surface area (Å²) in [5, 5.41) is 10.7. The van der Waals surface area contributed by atoms with Gasteiger partial charge in [-0.2, -0.15) is 0 Å². The lowest BCUT2D eigenvalue weighted by Gasteiger charge is -2.24. The summed E-state index contributed by atoms with van der Waals surface area (Å²) in [5.41, 5.74) is 2.97. The highest BCUT2D eigenvalue weighted by Crippen LogP contribution is 2.31. The first-order valence-corrected chi connectivity index (χ1v) is 6.96. The lowest BCUT2D eigenvalue weighted by atomic mass is 10.00. The lowest BCUT2D eigenvalue weighted by molar-refractivity contribution is 0.112. The largest absolute Gasteiger partial charge is 0.386 e. The van der Waals surface area contributed by atoms with Crippen molar-refractivity contribution in [2.45, 2.75) is 25.5 Å². The molecule has 2 aromatic carbocycles. The third-order valence-corrected chi connectivity index (χ3v) is 3.76. The van der Waals surface area contributed by atoms with Crippen LogP contribution in [0.3, 0.4) is 0 Å². The summed E-state index contributed by atoms with van der Waals surface area (Å²) in [6, 6.07) is 17.8. The number of fused-ring (bicyclic) bond motifs is 1. The second kappa shape index (κ2) is 5.47. The van der Waals surface area contributed by atoms with Crippen molar-refractivity contribution in [3.05, 3.63) is 66.5 Å². The van der Waals surface area contributed by atoms with E-state index in [9.17, 15) is 5.11 Å². The molecule has 3 nitrogen and oxygen atoms in total. The maximum atomic E-state index is 10.7. The van der Waals surface area contributed by atoms with Crippen LogP contribution in [0.5, 0.6) is 0 Å². The van der Waals surface area contributed by atoms with Crippen molar-refractivity contribution in [2.24, 2.45) is 0 Å².